The highest BCUT2D eigenvalue weighted by Crippen LogP contribution is 2.15. The lowest BCUT2D eigenvalue weighted by molar-refractivity contribution is 0.424. The van der Waals surface area contributed by atoms with Crippen LogP contribution in [0.15, 0.2) is 45.8 Å². The van der Waals surface area contributed by atoms with E-state index >= 15 is 0 Å². The van der Waals surface area contributed by atoms with E-state index in [1.165, 1.54) is 17.9 Å². The van der Waals surface area contributed by atoms with Crippen LogP contribution in [0.3, 0.4) is 0 Å². The van der Waals surface area contributed by atoms with Gasteiger partial charge in [0.2, 0.25) is 11.2 Å². The summed E-state index contributed by atoms with van der Waals surface area (Å²) in [6.07, 6.45) is 4.61. The fourth-order valence-electron chi connectivity index (χ4n) is 1.39. The number of aromatic hydroxyl groups is 1. The fraction of sp³-hybridized carbons (Fsp3) is 0.0714. The molecule has 0 saturated carbocycles. The Kier molecular flexibility index (Phi) is 3.10. The zero-order valence-electron chi connectivity index (χ0n) is 9.38. The molecular weight excluding hydrogens is 216 g/mol. The van der Waals surface area contributed by atoms with Gasteiger partial charge in [-0.3, -0.25) is 4.79 Å². The average molecular weight is 228 g/mol. The highest BCUT2D eigenvalue weighted by molar-refractivity contribution is 5.69. The highest BCUT2D eigenvalue weighted by Gasteiger charge is 2.02. The maximum absolute atomic E-state index is 11.2. The van der Waals surface area contributed by atoms with Crippen LogP contribution in [0.1, 0.15) is 16.9 Å². The van der Waals surface area contributed by atoms with Crippen LogP contribution in [0.25, 0.3) is 12.2 Å². The summed E-state index contributed by atoms with van der Waals surface area (Å²) < 4.78 is 5.05. The molecule has 0 unspecified atom stereocenters. The third kappa shape index (κ3) is 2.64. The molecule has 0 spiro atoms. The summed E-state index contributed by atoms with van der Waals surface area (Å²) >= 11 is 0. The van der Waals surface area contributed by atoms with Gasteiger partial charge < -0.3 is 9.52 Å². The largest absolute Gasteiger partial charge is 0.502 e. The molecule has 0 radical (unpaired) electrons. The van der Waals surface area contributed by atoms with E-state index in [0.29, 0.717) is 0 Å². The normalized spacial score (nSPS) is 10.9. The van der Waals surface area contributed by atoms with E-state index in [2.05, 4.69) is 0 Å². The van der Waals surface area contributed by atoms with Crippen LogP contribution in [0.4, 0.5) is 0 Å². The van der Waals surface area contributed by atoms with Gasteiger partial charge >= 0.3 is 0 Å². The van der Waals surface area contributed by atoms with Gasteiger partial charge in [0.05, 0.1) is 6.26 Å². The fourth-order valence-corrected chi connectivity index (χ4v) is 1.39. The van der Waals surface area contributed by atoms with Gasteiger partial charge in [0.25, 0.3) is 0 Å². The summed E-state index contributed by atoms with van der Waals surface area (Å²) in [6.45, 7) is 2.01. The van der Waals surface area contributed by atoms with Crippen molar-refractivity contribution in [2.75, 3.05) is 0 Å². The Morgan fingerprint density at radius 1 is 1.12 bits per heavy atom. The standard InChI is InChI=1S/C14H12O3/c1-10-2-4-11(5-3-10)6-7-13-14(16)12(15)8-9-17-13/h2-9,16H,1H3/b7-6+. The van der Waals surface area contributed by atoms with Crippen LogP contribution in [-0.4, -0.2) is 5.11 Å². The Balaban J connectivity index is 2.29. The van der Waals surface area contributed by atoms with Crippen molar-refractivity contribution in [1.29, 1.82) is 0 Å². The van der Waals surface area contributed by atoms with Crippen LogP contribution in [0, 0.1) is 6.92 Å². The first-order valence-electron chi connectivity index (χ1n) is 5.22. The summed E-state index contributed by atoms with van der Waals surface area (Å²) in [5.41, 5.74) is 1.71. The Bertz CT molecular complexity index is 592. The van der Waals surface area contributed by atoms with Gasteiger partial charge in [-0.25, -0.2) is 0 Å². The van der Waals surface area contributed by atoms with Crippen LogP contribution in [-0.2, 0) is 0 Å². The Labute approximate surface area is 98.7 Å². The van der Waals surface area contributed by atoms with E-state index in [4.69, 9.17) is 4.42 Å². The predicted octanol–water partition coefficient (Wildman–Crippen LogP) is 2.82. The predicted molar refractivity (Wildman–Crippen MR) is 66.7 cm³/mol. The molecule has 3 heteroatoms. The van der Waals surface area contributed by atoms with Crippen LogP contribution in [0.2, 0.25) is 0 Å². The smallest absolute Gasteiger partial charge is 0.227 e. The van der Waals surface area contributed by atoms with Gasteiger partial charge in [-0.2, -0.15) is 0 Å². The van der Waals surface area contributed by atoms with E-state index < -0.39 is 5.43 Å². The van der Waals surface area contributed by atoms with Crippen LogP contribution in [0.5, 0.6) is 5.75 Å². The molecule has 17 heavy (non-hydrogen) atoms. The molecule has 0 saturated heterocycles. The van der Waals surface area contributed by atoms with Crippen molar-refractivity contribution in [2.24, 2.45) is 0 Å². The summed E-state index contributed by atoms with van der Waals surface area (Å²) in [7, 11) is 0. The van der Waals surface area contributed by atoms with Crippen molar-refractivity contribution in [3.05, 3.63) is 63.7 Å². The first kappa shape index (κ1) is 11.2. The lowest BCUT2D eigenvalue weighted by Gasteiger charge is -1.97. The zero-order chi connectivity index (χ0) is 12.3. The van der Waals surface area contributed by atoms with E-state index in [1.54, 1.807) is 12.2 Å². The number of aryl methyl sites for hydroxylation is 1. The van der Waals surface area contributed by atoms with Crippen molar-refractivity contribution >= 4 is 12.2 Å². The van der Waals surface area contributed by atoms with Gasteiger partial charge in [-0.1, -0.05) is 35.9 Å². The molecule has 1 aromatic carbocycles. The molecule has 2 rings (SSSR count). The van der Waals surface area contributed by atoms with Gasteiger partial charge in [0.15, 0.2) is 5.76 Å². The second-order valence-corrected chi connectivity index (χ2v) is 3.74. The Hall–Kier alpha value is -2.29. The van der Waals surface area contributed by atoms with Gasteiger partial charge in [0, 0.05) is 6.07 Å². The van der Waals surface area contributed by atoms with E-state index in [1.807, 2.05) is 31.2 Å². The molecular formula is C14H12O3. The Morgan fingerprint density at radius 2 is 1.82 bits per heavy atom. The summed E-state index contributed by atoms with van der Waals surface area (Å²) in [4.78, 5) is 11.2. The SMILES string of the molecule is Cc1ccc(/C=C/c2occc(=O)c2O)cc1. The zero-order valence-corrected chi connectivity index (χ0v) is 9.38. The molecule has 2 aromatic rings. The molecule has 0 fully saturated rings. The minimum absolute atomic E-state index is 0.165. The van der Waals surface area contributed by atoms with Crippen molar-refractivity contribution in [3.63, 3.8) is 0 Å². The maximum Gasteiger partial charge on any atom is 0.227 e. The van der Waals surface area contributed by atoms with Crippen LogP contribution >= 0.6 is 0 Å². The van der Waals surface area contributed by atoms with E-state index in [9.17, 15) is 9.90 Å². The molecule has 1 aromatic heterocycles. The molecule has 1 heterocycles. The molecule has 0 bridgehead atoms. The number of hydrogen-bond acceptors (Lipinski definition) is 3. The van der Waals surface area contributed by atoms with Crippen molar-refractivity contribution in [1.82, 2.24) is 0 Å². The molecule has 0 atom stereocenters. The maximum atomic E-state index is 11.2. The molecule has 0 aliphatic carbocycles. The molecule has 86 valence electrons. The topological polar surface area (TPSA) is 50.4 Å². The number of hydrogen-bond donors (Lipinski definition) is 1. The van der Waals surface area contributed by atoms with Crippen molar-refractivity contribution in [2.45, 2.75) is 6.92 Å². The summed E-state index contributed by atoms with van der Waals surface area (Å²) in [6, 6.07) is 9.05. The van der Waals surface area contributed by atoms with Gasteiger partial charge in [-0.05, 0) is 18.6 Å². The molecule has 0 aliphatic heterocycles. The molecule has 1 N–H and O–H groups in total. The third-order valence-corrected chi connectivity index (χ3v) is 2.39. The van der Waals surface area contributed by atoms with E-state index in [0.717, 1.165) is 5.56 Å². The van der Waals surface area contributed by atoms with Crippen LogP contribution < -0.4 is 5.43 Å². The summed E-state index contributed by atoms with van der Waals surface area (Å²) in [5, 5.41) is 9.46. The minimum atomic E-state index is -0.445. The molecule has 0 aliphatic rings. The second-order valence-electron chi connectivity index (χ2n) is 3.74. The number of rotatable bonds is 2. The van der Waals surface area contributed by atoms with Crippen molar-refractivity contribution < 1.29 is 9.52 Å². The minimum Gasteiger partial charge on any atom is -0.502 e. The molecule has 0 amide bonds. The number of benzene rings is 1. The monoisotopic (exact) mass is 228 g/mol. The first-order valence-corrected chi connectivity index (χ1v) is 5.22. The van der Waals surface area contributed by atoms with Crippen molar-refractivity contribution in [3.8, 4) is 5.75 Å². The van der Waals surface area contributed by atoms with Gasteiger partial charge in [-0.15, -0.1) is 0 Å². The Morgan fingerprint density at radius 3 is 2.53 bits per heavy atom. The average Bonchev–Trinajstić information content (AvgIpc) is 2.33. The summed E-state index contributed by atoms with van der Waals surface area (Å²) in [5.74, 6) is -0.200. The molecule has 3 nitrogen and oxygen atoms in total. The second kappa shape index (κ2) is 4.70. The highest BCUT2D eigenvalue weighted by atomic mass is 16.4. The lowest BCUT2D eigenvalue weighted by Crippen LogP contribution is -1.97. The third-order valence-electron chi connectivity index (χ3n) is 2.39. The van der Waals surface area contributed by atoms with Gasteiger partial charge in [0.1, 0.15) is 0 Å². The first-order chi connectivity index (χ1) is 8.16. The lowest BCUT2D eigenvalue weighted by atomic mass is 10.1. The van der Waals surface area contributed by atoms with E-state index in [-0.39, 0.29) is 11.5 Å². The quantitative estimate of drug-likeness (QED) is 0.859.